The van der Waals surface area contributed by atoms with E-state index in [4.69, 9.17) is 21.1 Å². The molecule has 2 rings (SSSR count). The van der Waals surface area contributed by atoms with Crippen LogP contribution >= 0.6 is 11.6 Å². The molecule has 0 N–H and O–H groups in total. The molecule has 3 heteroatoms. The highest BCUT2D eigenvalue weighted by Crippen LogP contribution is 2.42. The number of methoxy groups -OCH3 is 1. The number of benzene rings is 1. The van der Waals surface area contributed by atoms with Crippen molar-refractivity contribution in [2.45, 2.75) is 26.2 Å². The Balaban J connectivity index is 2.62. The minimum atomic E-state index is 0.0484. The number of aryl methyl sites for hydroxylation is 1. The third-order valence-electron chi connectivity index (χ3n) is 3.31. The molecule has 0 aliphatic carbocycles. The Bertz CT molecular complexity index is 422. The molecule has 0 bridgehead atoms. The zero-order valence-electron chi connectivity index (χ0n) is 10.2. The molecule has 1 aromatic carbocycles. The van der Waals surface area contributed by atoms with Crippen LogP contribution in [0.5, 0.6) is 5.75 Å². The molecule has 0 saturated carbocycles. The van der Waals surface area contributed by atoms with Gasteiger partial charge in [-0.2, -0.15) is 0 Å². The Morgan fingerprint density at radius 1 is 1.38 bits per heavy atom. The number of rotatable bonds is 2. The van der Waals surface area contributed by atoms with Gasteiger partial charge in [-0.25, -0.2) is 0 Å². The topological polar surface area (TPSA) is 18.5 Å². The standard InChI is InChI=1S/C13H17ClO2/c1-8-5-10(15-4)11(9(2)12(8)14)13(3)6-16-7-13/h5H,6-7H2,1-4H3. The Hall–Kier alpha value is -0.730. The average molecular weight is 241 g/mol. The Morgan fingerprint density at radius 2 is 2.00 bits per heavy atom. The summed E-state index contributed by atoms with van der Waals surface area (Å²) in [4.78, 5) is 0. The van der Waals surface area contributed by atoms with Crippen LogP contribution in [0, 0.1) is 13.8 Å². The van der Waals surface area contributed by atoms with E-state index < -0.39 is 0 Å². The largest absolute Gasteiger partial charge is 0.496 e. The third kappa shape index (κ3) is 1.61. The SMILES string of the molecule is COc1cc(C)c(Cl)c(C)c1C1(C)COC1. The van der Waals surface area contributed by atoms with E-state index >= 15 is 0 Å². The van der Waals surface area contributed by atoms with Gasteiger partial charge in [0.05, 0.1) is 20.3 Å². The molecule has 1 aliphatic rings. The van der Waals surface area contributed by atoms with Crippen LogP contribution in [0.2, 0.25) is 5.02 Å². The minimum Gasteiger partial charge on any atom is -0.496 e. The minimum absolute atomic E-state index is 0.0484. The lowest BCUT2D eigenvalue weighted by atomic mass is 9.77. The molecule has 88 valence electrons. The summed E-state index contributed by atoms with van der Waals surface area (Å²) in [6, 6.07) is 2.01. The van der Waals surface area contributed by atoms with Gasteiger partial charge in [0.1, 0.15) is 5.75 Å². The molecule has 16 heavy (non-hydrogen) atoms. The van der Waals surface area contributed by atoms with E-state index in [2.05, 4.69) is 13.8 Å². The first-order chi connectivity index (χ1) is 7.49. The molecule has 0 amide bonds. The van der Waals surface area contributed by atoms with Crippen LogP contribution in [-0.4, -0.2) is 20.3 Å². The summed E-state index contributed by atoms with van der Waals surface area (Å²) < 4.78 is 10.8. The third-order valence-corrected chi connectivity index (χ3v) is 3.89. The normalized spacial score (nSPS) is 18.1. The summed E-state index contributed by atoms with van der Waals surface area (Å²) in [5, 5.41) is 0.837. The van der Waals surface area contributed by atoms with Crippen molar-refractivity contribution in [1.82, 2.24) is 0 Å². The van der Waals surface area contributed by atoms with Crippen molar-refractivity contribution >= 4 is 11.6 Å². The first-order valence-corrected chi connectivity index (χ1v) is 5.79. The maximum atomic E-state index is 6.30. The number of hydrogen-bond donors (Lipinski definition) is 0. The van der Waals surface area contributed by atoms with Crippen LogP contribution in [0.1, 0.15) is 23.6 Å². The molecule has 0 radical (unpaired) electrons. The van der Waals surface area contributed by atoms with E-state index in [0.717, 1.165) is 35.1 Å². The quantitative estimate of drug-likeness (QED) is 0.790. The summed E-state index contributed by atoms with van der Waals surface area (Å²) in [5.41, 5.74) is 3.41. The van der Waals surface area contributed by atoms with Crippen LogP contribution in [0.25, 0.3) is 0 Å². The van der Waals surface area contributed by atoms with E-state index in [1.165, 1.54) is 5.56 Å². The maximum absolute atomic E-state index is 6.30. The van der Waals surface area contributed by atoms with E-state index in [-0.39, 0.29) is 5.41 Å². The van der Waals surface area contributed by atoms with Gasteiger partial charge in [0.2, 0.25) is 0 Å². The van der Waals surface area contributed by atoms with Crippen molar-refractivity contribution in [3.63, 3.8) is 0 Å². The zero-order valence-corrected chi connectivity index (χ0v) is 10.9. The van der Waals surface area contributed by atoms with Gasteiger partial charge in [0.15, 0.2) is 0 Å². The van der Waals surface area contributed by atoms with Gasteiger partial charge in [-0.1, -0.05) is 18.5 Å². The predicted octanol–water partition coefficient (Wildman–Crippen LogP) is 3.25. The van der Waals surface area contributed by atoms with Crippen LogP contribution in [-0.2, 0) is 10.2 Å². The first kappa shape index (κ1) is 11.7. The van der Waals surface area contributed by atoms with E-state index in [1.807, 2.05) is 13.0 Å². The van der Waals surface area contributed by atoms with Gasteiger partial charge < -0.3 is 9.47 Å². The van der Waals surface area contributed by atoms with E-state index in [1.54, 1.807) is 7.11 Å². The molecular weight excluding hydrogens is 224 g/mol. The molecule has 1 heterocycles. The monoisotopic (exact) mass is 240 g/mol. The summed E-state index contributed by atoms with van der Waals surface area (Å²) >= 11 is 6.30. The molecule has 0 aromatic heterocycles. The van der Waals surface area contributed by atoms with Gasteiger partial charge in [-0.05, 0) is 31.0 Å². The number of ether oxygens (including phenoxy) is 2. The second-order valence-electron chi connectivity index (χ2n) is 4.76. The van der Waals surface area contributed by atoms with Gasteiger partial charge in [0, 0.05) is 16.0 Å². The number of halogens is 1. The number of hydrogen-bond acceptors (Lipinski definition) is 2. The van der Waals surface area contributed by atoms with Crippen molar-refractivity contribution in [2.24, 2.45) is 0 Å². The summed E-state index contributed by atoms with van der Waals surface area (Å²) in [7, 11) is 1.70. The highest BCUT2D eigenvalue weighted by atomic mass is 35.5. The van der Waals surface area contributed by atoms with Gasteiger partial charge >= 0.3 is 0 Å². The van der Waals surface area contributed by atoms with Gasteiger partial charge in [-0.15, -0.1) is 0 Å². The highest BCUT2D eigenvalue weighted by Gasteiger charge is 2.39. The van der Waals surface area contributed by atoms with Crippen molar-refractivity contribution < 1.29 is 9.47 Å². The highest BCUT2D eigenvalue weighted by molar-refractivity contribution is 6.32. The molecule has 0 unspecified atom stereocenters. The van der Waals surface area contributed by atoms with Crippen LogP contribution in [0.3, 0.4) is 0 Å². The molecule has 0 atom stereocenters. The van der Waals surface area contributed by atoms with Crippen molar-refractivity contribution in [3.05, 3.63) is 27.8 Å². The summed E-state index contributed by atoms with van der Waals surface area (Å²) in [6.07, 6.45) is 0. The molecule has 1 aliphatic heterocycles. The zero-order chi connectivity index (χ0) is 11.9. The molecule has 1 saturated heterocycles. The molecule has 2 nitrogen and oxygen atoms in total. The Kier molecular flexibility index (Phi) is 2.89. The Morgan fingerprint density at radius 3 is 2.44 bits per heavy atom. The maximum Gasteiger partial charge on any atom is 0.123 e. The summed E-state index contributed by atoms with van der Waals surface area (Å²) in [6.45, 7) is 7.72. The van der Waals surface area contributed by atoms with Crippen LogP contribution < -0.4 is 4.74 Å². The van der Waals surface area contributed by atoms with E-state index in [0.29, 0.717) is 0 Å². The fourth-order valence-corrected chi connectivity index (χ4v) is 2.54. The van der Waals surface area contributed by atoms with Crippen molar-refractivity contribution in [3.8, 4) is 5.75 Å². The molecule has 1 aromatic rings. The second-order valence-corrected chi connectivity index (χ2v) is 5.14. The van der Waals surface area contributed by atoms with Crippen LogP contribution in [0.15, 0.2) is 6.07 Å². The Labute approximate surface area is 102 Å². The fourth-order valence-electron chi connectivity index (χ4n) is 2.39. The molecule has 1 fully saturated rings. The first-order valence-electron chi connectivity index (χ1n) is 5.41. The molecular formula is C13H17ClO2. The lowest BCUT2D eigenvalue weighted by Gasteiger charge is -2.40. The van der Waals surface area contributed by atoms with Crippen molar-refractivity contribution in [2.75, 3.05) is 20.3 Å². The summed E-state index contributed by atoms with van der Waals surface area (Å²) in [5.74, 6) is 0.921. The van der Waals surface area contributed by atoms with Gasteiger partial charge in [0.25, 0.3) is 0 Å². The van der Waals surface area contributed by atoms with Crippen LogP contribution in [0.4, 0.5) is 0 Å². The molecule has 0 spiro atoms. The van der Waals surface area contributed by atoms with Gasteiger partial charge in [-0.3, -0.25) is 0 Å². The predicted molar refractivity (Wildman–Crippen MR) is 65.6 cm³/mol. The lowest BCUT2D eigenvalue weighted by molar-refractivity contribution is -0.0512. The second kappa shape index (κ2) is 3.94. The van der Waals surface area contributed by atoms with Crippen molar-refractivity contribution in [1.29, 1.82) is 0 Å². The van der Waals surface area contributed by atoms with E-state index in [9.17, 15) is 0 Å². The smallest absolute Gasteiger partial charge is 0.123 e. The fraction of sp³-hybridized carbons (Fsp3) is 0.538. The average Bonchev–Trinajstić information content (AvgIpc) is 2.22. The lowest BCUT2D eigenvalue weighted by Crippen LogP contribution is -2.44.